The van der Waals surface area contributed by atoms with Gasteiger partial charge in [-0.1, -0.05) is 17.4 Å². The van der Waals surface area contributed by atoms with Crippen molar-refractivity contribution >= 4 is 16.5 Å². The molecule has 3 N–H and O–H groups in total. The van der Waals surface area contributed by atoms with Gasteiger partial charge in [0.1, 0.15) is 0 Å². The van der Waals surface area contributed by atoms with Crippen molar-refractivity contribution in [3.8, 4) is 10.6 Å². The van der Waals surface area contributed by atoms with Gasteiger partial charge < -0.3 is 11.1 Å². The van der Waals surface area contributed by atoms with E-state index in [0.29, 0.717) is 6.54 Å². The molecule has 0 spiro atoms. The van der Waals surface area contributed by atoms with Crippen LogP contribution in [-0.2, 0) is 0 Å². The Morgan fingerprint density at radius 2 is 2.38 bits per heavy atom. The molecule has 83 valence electrons. The third-order valence-electron chi connectivity index (χ3n) is 2.00. The molecule has 0 saturated carbocycles. The zero-order valence-corrected chi connectivity index (χ0v) is 9.63. The Morgan fingerprint density at radius 1 is 1.44 bits per heavy atom. The second kappa shape index (κ2) is 5.58. The molecule has 2 rings (SSSR count). The number of pyridine rings is 1. The fourth-order valence-corrected chi connectivity index (χ4v) is 2.02. The van der Waals surface area contributed by atoms with Crippen LogP contribution >= 0.6 is 11.3 Å². The third-order valence-corrected chi connectivity index (χ3v) is 2.96. The van der Waals surface area contributed by atoms with Crippen molar-refractivity contribution in [2.45, 2.75) is 6.42 Å². The SMILES string of the molecule is NCCCNc1ncc(-c2[c]cccn2)s1. The van der Waals surface area contributed by atoms with Crippen LogP contribution in [0.5, 0.6) is 0 Å². The summed E-state index contributed by atoms with van der Waals surface area (Å²) in [6, 6.07) is 6.78. The van der Waals surface area contributed by atoms with Gasteiger partial charge in [0.25, 0.3) is 0 Å². The van der Waals surface area contributed by atoms with E-state index in [1.807, 2.05) is 18.3 Å². The van der Waals surface area contributed by atoms with E-state index in [1.165, 1.54) is 0 Å². The first-order chi connectivity index (χ1) is 7.90. The minimum Gasteiger partial charge on any atom is -0.361 e. The van der Waals surface area contributed by atoms with E-state index >= 15 is 0 Å². The van der Waals surface area contributed by atoms with Crippen molar-refractivity contribution < 1.29 is 0 Å². The molecular formula is C11H13N4S. The van der Waals surface area contributed by atoms with Gasteiger partial charge in [-0.25, -0.2) is 4.98 Å². The van der Waals surface area contributed by atoms with Gasteiger partial charge >= 0.3 is 0 Å². The van der Waals surface area contributed by atoms with Crippen LogP contribution in [0.2, 0.25) is 0 Å². The Kier molecular flexibility index (Phi) is 3.85. The van der Waals surface area contributed by atoms with Gasteiger partial charge in [-0.15, -0.1) is 0 Å². The summed E-state index contributed by atoms with van der Waals surface area (Å²) >= 11 is 1.58. The van der Waals surface area contributed by atoms with E-state index in [4.69, 9.17) is 5.73 Å². The maximum absolute atomic E-state index is 5.42. The quantitative estimate of drug-likeness (QED) is 0.772. The zero-order valence-electron chi connectivity index (χ0n) is 8.81. The molecule has 16 heavy (non-hydrogen) atoms. The summed E-state index contributed by atoms with van der Waals surface area (Å²) in [6.45, 7) is 1.55. The zero-order chi connectivity index (χ0) is 11.2. The summed E-state index contributed by atoms with van der Waals surface area (Å²) in [6.07, 6.45) is 4.52. The van der Waals surface area contributed by atoms with Crippen molar-refractivity contribution in [2.75, 3.05) is 18.4 Å². The molecule has 0 atom stereocenters. The van der Waals surface area contributed by atoms with Gasteiger partial charge in [-0.2, -0.15) is 0 Å². The normalized spacial score (nSPS) is 10.3. The van der Waals surface area contributed by atoms with E-state index in [0.717, 1.165) is 28.7 Å². The maximum atomic E-state index is 5.42. The maximum Gasteiger partial charge on any atom is 0.183 e. The molecule has 0 bridgehead atoms. The van der Waals surface area contributed by atoms with Gasteiger partial charge in [-0.05, 0) is 19.0 Å². The first-order valence-corrected chi connectivity index (χ1v) is 5.94. The minimum absolute atomic E-state index is 0.694. The highest BCUT2D eigenvalue weighted by atomic mass is 32.1. The molecule has 5 heteroatoms. The van der Waals surface area contributed by atoms with Crippen molar-refractivity contribution in [1.29, 1.82) is 0 Å². The van der Waals surface area contributed by atoms with Crippen LogP contribution in [-0.4, -0.2) is 23.1 Å². The number of nitrogens with one attached hydrogen (secondary N) is 1. The molecular weight excluding hydrogens is 220 g/mol. The number of thiazole rings is 1. The van der Waals surface area contributed by atoms with Crippen LogP contribution in [0.4, 0.5) is 5.13 Å². The molecule has 0 amide bonds. The molecule has 4 nitrogen and oxygen atoms in total. The molecule has 0 aliphatic carbocycles. The largest absolute Gasteiger partial charge is 0.361 e. The number of nitrogens with two attached hydrogens (primary N) is 1. The predicted molar refractivity (Wildman–Crippen MR) is 66.3 cm³/mol. The van der Waals surface area contributed by atoms with Crippen LogP contribution in [0.3, 0.4) is 0 Å². The van der Waals surface area contributed by atoms with E-state index in [-0.39, 0.29) is 0 Å². The first-order valence-electron chi connectivity index (χ1n) is 5.13. The molecule has 1 radical (unpaired) electrons. The number of aromatic nitrogens is 2. The third kappa shape index (κ3) is 2.77. The Balaban J connectivity index is 2.02. The number of hydrogen-bond donors (Lipinski definition) is 2. The second-order valence-electron chi connectivity index (χ2n) is 3.23. The summed E-state index contributed by atoms with van der Waals surface area (Å²) in [4.78, 5) is 9.52. The van der Waals surface area contributed by atoms with E-state index in [9.17, 15) is 0 Å². The Labute approximate surface area is 98.6 Å². The molecule has 0 aliphatic rings. The van der Waals surface area contributed by atoms with Crippen molar-refractivity contribution in [3.63, 3.8) is 0 Å². The monoisotopic (exact) mass is 233 g/mol. The average Bonchev–Trinajstić information content (AvgIpc) is 2.79. The highest BCUT2D eigenvalue weighted by Crippen LogP contribution is 2.26. The summed E-state index contributed by atoms with van der Waals surface area (Å²) < 4.78 is 0. The lowest BCUT2D eigenvalue weighted by Gasteiger charge is -1.98. The highest BCUT2D eigenvalue weighted by molar-refractivity contribution is 7.18. The molecule has 2 aromatic rings. The summed E-state index contributed by atoms with van der Waals surface area (Å²) in [5, 5.41) is 4.13. The van der Waals surface area contributed by atoms with Gasteiger partial charge in [-0.3, -0.25) is 4.98 Å². The number of anilines is 1. The van der Waals surface area contributed by atoms with Gasteiger partial charge in [0.15, 0.2) is 5.13 Å². The highest BCUT2D eigenvalue weighted by Gasteiger charge is 2.04. The van der Waals surface area contributed by atoms with Crippen molar-refractivity contribution in [2.24, 2.45) is 5.73 Å². The van der Waals surface area contributed by atoms with Crippen LogP contribution in [0.15, 0.2) is 24.5 Å². The van der Waals surface area contributed by atoms with Crippen molar-refractivity contribution in [1.82, 2.24) is 9.97 Å². The van der Waals surface area contributed by atoms with E-state index in [1.54, 1.807) is 17.5 Å². The standard InChI is InChI=1S/C11H13N4S/c12-5-3-7-14-11-15-8-10(16-11)9-4-1-2-6-13-9/h1-2,6,8H,3,5,7,12H2,(H,14,15). The van der Waals surface area contributed by atoms with Gasteiger partial charge in [0, 0.05) is 25.0 Å². The predicted octanol–water partition coefficient (Wildman–Crippen LogP) is 1.77. The minimum atomic E-state index is 0.694. The van der Waals surface area contributed by atoms with Crippen LogP contribution < -0.4 is 11.1 Å². The topological polar surface area (TPSA) is 63.8 Å². The first kappa shape index (κ1) is 11.0. The van der Waals surface area contributed by atoms with Crippen LogP contribution in [0, 0.1) is 6.07 Å². The lowest BCUT2D eigenvalue weighted by molar-refractivity contribution is 0.873. The lowest BCUT2D eigenvalue weighted by Crippen LogP contribution is -2.07. The molecule has 0 saturated heterocycles. The lowest BCUT2D eigenvalue weighted by atomic mass is 10.3. The fourth-order valence-electron chi connectivity index (χ4n) is 1.22. The Morgan fingerprint density at radius 3 is 3.12 bits per heavy atom. The average molecular weight is 233 g/mol. The molecule has 0 aromatic carbocycles. The van der Waals surface area contributed by atoms with E-state index in [2.05, 4.69) is 21.4 Å². The van der Waals surface area contributed by atoms with Crippen molar-refractivity contribution in [3.05, 3.63) is 30.6 Å². The molecule has 0 unspecified atom stereocenters. The Bertz CT molecular complexity index is 427. The molecule has 2 aromatic heterocycles. The van der Waals surface area contributed by atoms with Crippen LogP contribution in [0.25, 0.3) is 10.6 Å². The summed E-state index contributed by atoms with van der Waals surface area (Å²) in [7, 11) is 0. The number of hydrogen-bond acceptors (Lipinski definition) is 5. The summed E-state index contributed by atoms with van der Waals surface area (Å²) in [5.74, 6) is 0. The number of nitrogens with zero attached hydrogens (tertiary/aromatic N) is 2. The van der Waals surface area contributed by atoms with Crippen LogP contribution in [0.1, 0.15) is 6.42 Å². The molecule has 0 fully saturated rings. The van der Waals surface area contributed by atoms with E-state index < -0.39 is 0 Å². The fraction of sp³-hybridized carbons (Fsp3) is 0.273. The molecule has 0 aliphatic heterocycles. The Hall–Kier alpha value is -1.46. The summed E-state index contributed by atoms with van der Waals surface area (Å²) in [5.41, 5.74) is 6.26. The van der Waals surface area contributed by atoms with Gasteiger partial charge in [0.2, 0.25) is 0 Å². The molecule has 2 heterocycles. The smallest absolute Gasteiger partial charge is 0.183 e. The van der Waals surface area contributed by atoms with Gasteiger partial charge in [0.05, 0.1) is 10.6 Å². The number of rotatable bonds is 5. The second-order valence-corrected chi connectivity index (χ2v) is 4.26.